The molecule has 2 heterocycles. The standard InChI is InChI=1S/C35H34N2O/c1-33(2,3)27-21-35(22-28(31(27)38)34(4,5)6)26-20-14-13-19-25(26)32-36-29(23-15-9-7-10-16-23)30(37(32)35)24-17-11-8-12-18-24/h7-22H,1-6H3. The van der Waals surface area contributed by atoms with Crippen LogP contribution in [0.25, 0.3) is 33.9 Å². The van der Waals surface area contributed by atoms with E-state index in [1.807, 2.05) is 12.1 Å². The van der Waals surface area contributed by atoms with Crippen LogP contribution in [0.2, 0.25) is 0 Å². The number of hydrogen-bond donors (Lipinski definition) is 0. The first-order valence-corrected chi connectivity index (χ1v) is 13.4. The van der Waals surface area contributed by atoms with Crippen LogP contribution in [0, 0.1) is 10.8 Å². The third-order valence-corrected chi connectivity index (χ3v) is 7.78. The van der Waals surface area contributed by atoms with Crippen molar-refractivity contribution in [2.45, 2.75) is 47.1 Å². The molecular formula is C35H34N2O. The fourth-order valence-electron chi connectivity index (χ4n) is 5.93. The monoisotopic (exact) mass is 498 g/mol. The maximum absolute atomic E-state index is 14.0. The maximum atomic E-state index is 14.0. The summed E-state index contributed by atoms with van der Waals surface area (Å²) < 4.78 is 2.39. The predicted octanol–water partition coefficient (Wildman–Crippen LogP) is 8.47. The highest BCUT2D eigenvalue weighted by Crippen LogP contribution is 2.55. The first-order chi connectivity index (χ1) is 18.0. The number of imidazole rings is 1. The van der Waals surface area contributed by atoms with Crippen LogP contribution in [0.5, 0.6) is 0 Å². The lowest BCUT2D eigenvalue weighted by Gasteiger charge is -2.39. The van der Waals surface area contributed by atoms with Gasteiger partial charge in [-0.05, 0) is 28.5 Å². The highest BCUT2D eigenvalue weighted by atomic mass is 16.1. The smallest absolute Gasteiger partial charge is 0.185 e. The topological polar surface area (TPSA) is 34.9 Å². The third-order valence-electron chi connectivity index (χ3n) is 7.78. The molecule has 0 saturated carbocycles. The molecule has 4 aromatic rings. The van der Waals surface area contributed by atoms with Gasteiger partial charge in [-0.3, -0.25) is 4.79 Å². The number of hydrogen-bond acceptors (Lipinski definition) is 2. The fourth-order valence-corrected chi connectivity index (χ4v) is 5.93. The van der Waals surface area contributed by atoms with Crippen LogP contribution in [-0.2, 0) is 10.3 Å². The van der Waals surface area contributed by atoms with Crippen LogP contribution >= 0.6 is 0 Å². The number of carbonyl (C=O) groups excluding carboxylic acids is 1. The molecule has 1 aliphatic heterocycles. The molecule has 0 radical (unpaired) electrons. The summed E-state index contributed by atoms with van der Waals surface area (Å²) in [6.07, 6.45) is 4.45. The van der Waals surface area contributed by atoms with E-state index in [0.29, 0.717) is 0 Å². The van der Waals surface area contributed by atoms with Crippen molar-refractivity contribution >= 4 is 5.78 Å². The van der Waals surface area contributed by atoms with Crippen molar-refractivity contribution < 1.29 is 4.79 Å². The van der Waals surface area contributed by atoms with Crippen molar-refractivity contribution in [3.8, 4) is 33.9 Å². The van der Waals surface area contributed by atoms with Gasteiger partial charge >= 0.3 is 0 Å². The number of benzene rings is 3. The molecule has 0 N–H and O–H groups in total. The lowest BCUT2D eigenvalue weighted by Crippen LogP contribution is -2.38. The summed E-state index contributed by atoms with van der Waals surface area (Å²) in [4.78, 5) is 19.3. The Morgan fingerprint density at radius 2 is 1.16 bits per heavy atom. The maximum Gasteiger partial charge on any atom is 0.185 e. The molecule has 0 unspecified atom stereocenters. The lowest BCUT2D eigenvalue weighted by atomic mass is 9.67. The molecule has 0 amide bonds. The molecule has 0 bridgehead atoms. The minimum absolute atomic E-state index is 0.145. The highest BCUT2D eigenvalue weighted by molar-refractivity contribution is 6.11. The Morgan fingerprint density at radius 1 is 0.658 bits per heavy atom. The number of nitrogens with zero attached hydrogens (tertiary/aromatic N) is 2. The van der Waals surface area contributed by atoms with E-state index in [9.17, 15) is 4.79 Å². The minimum atomic E-state index is -0.670. The van der Waals surface area contributed by atoms with Crippen molar-refractivity contribution in [3.63, 3.8) is 0 Å². The number of rotatable bonds is 2. The van der Waals surface area contributed by atoms with Crippen molar-refractivity contribution in [2.24, 2.45) is 10.8 Å². The number of Topliss-reactive ketones (excluding diaryl/α,β-unsaturated/α-hetero) is 1. The van der Waals surface area contributed by atoms with Crippen molar-refractivity contribution in [3.05, 3.63) is 114 Å². The van der Waals surface area contributed by atoms with Crippen molar-refractivity contribution in [1.29, 1.82) is 0 Å². The van der Waals surface area contributed by atoms with E-state index in [2.05, 4.69) is 131 Å². The lowest BCUT2D eigenvalue weighted by molar-refractivity contribution is -0.114. The first-order valence-electron chi connectivity index (χ1n) is 13.4. The number of aromatic nitrogens is 2. The SMILES string of the molecule is CC(C)(C)C1=CC2(C=C(C(C)(C)C)C1=O)c1ccccc1-c1nc(-c3ccccc3)c(-c3ccccc3)n12. The number of allylic oxidation sites excluding steroid dienone is 4. The molecule has 190 valence electrons. The highest BCUT2D eigenvalue weighted by Gasteiger charge is 2.49. The van der Waals surface area contributed by atoms with Crippen molar-refractivity contribution in [2.75, 3.05) is 0 Å². The van der Waals surface area contributed by atoms with Crippen LogP contribution < -0.4 is 0 Å². The summed E-state index contributed by atoms with van der Waals surface area (Å²) in [5, 5.41) is 0. The van der Waals surface area contributed by atoms with Crippen LogP contribution in [0.3, 0.4) is 0 Å². The van der Waals surface area contributed by atoms with Gasteiger partial charge in [0.1, 0.15) is 11.4 Å². The molecule has 0 fully saturated rings. The Kier molecular flexibility index (Phi) is 5.30. The normalized spacial score (nSPS) is 16.2. The second-order valence-corrected chi connectivity index (χ2v) is 12.5. The summed E-state index contributed by atoms with van der Waals surface area (Å²) in [5.41, 5.74) is 6.85. The summed E-state index contributed by atoms with van der Waals surface area (Å²) >= 11 is 0. The molecule has 3 nitrogen and oxygen atoms in total. The molecule has 1 spiro atoms. The molecule has 3 heteroatoms. The van der Waals surface area contributed by atoms with Crippen LogP contribution in [-0.4, -0.2) is 15.3 Å². The van der Waals surface area contributed by atoms with Crippen molar-refractivity contribution in [1.82, 2.24) is 9.55 Å². The number of carbonyl (C=O) groups is 1. The van der Waals surface area contributed by atoms with E-state index in [1.54, 1.807) is 0 Å². The molecule has 0 atom stereocenters. The molecule has 1 aromatic heterocycles. The second kappa shape index (κ2) is 8.26. The quantitative estimate of drug-likeness (QED) is 0.278. The largest absolute Gasteiger partial charge is 0.306 e. The van der Waals surface area contributed by atoms with Gasteiger partial charge in [0, 0.05) is 27.8 Å². The summed E-state index contributed by atoms with van der Waals surface area (Å²) in [6, 6.07) is 29.5. The Hall–Kier alpha value is -3.98. The van der Waals surface area contributed by atoms with Gasteiger partial charge in [-0.15, -0.1) is 0 Å². The van der Waals surface area contributed by atoms with Gasteiger partial charge in [-0.25, -0.2) is 4.98 Å². The fraction of sp³-hybridized carbons (Fsp3) is 0.257. The third kappa shape index (κ3) is 3.56. The predicted molar refractivity (Wildman–Crippen MR) is 156 cm³/mol. The Labute approximate surface area is 225 Å². The zero-order valence-corrected chi connectivity index (χ0v) is 23.0. The van der Waals surface area contributed by atoms with Gasteiger partial charge in [-0.1, -0.05) is 126 Å². The average molecular weight is 499 g/mol. The van der Waals surface area contributed by atoms with Crippen LogP contribution in [0.15, 0.2) is 108 Å². The molecular weight excluding hydrogens is 464 g/mol. The first kappa shape index (κ1) is 24.4. The molecule has 1 aliphatic carbocycles. The van der Waals surface area contributed by atoms with E-state index in [0.717, 1.165) is 50.6 Å². The number of ketones is 1. The summed E-state index contributed by atoms with van der Waals surface area (Å²) in [7, 11) is 0. The van der Waals surface area contributed by atoms with Gasteiger partial charge in [0.05, 0.1) is 11.4 Å². The minimum Gasteiger partial charge on any atom is -0.306 e. The molecule has 0 saturated heterocycles. The van der Waals surface area contributed by atoms with Gasteiger partial charge in [0.2, 0.25) is 0 Å². The molecule has 38 heavy (non-hydrogen) atoms. The second-order valence-electron chi connectivity index (χ2n) is 12.5. The Morgan fingerprint density at radius 3 is 1.71 bits per heavy atom. The Bertz CT molecular complexity index is 1590. The van der Waals surface area contributed by atoms with Crippen LogP contribution in [0.1, 0.15) is 47.1 Å². The molecule has 3 aromatic carbocycles. The summed E-state index contributed by atoms with van der Waals surface area (Å²) in [5.74, 6) is 1.08. The molecule has 6 rings (SSSR count). The van der Waals surface area contributed by atoms with E-state index in [1.165, 1.54) is 0 Å². The van der Waals surface area contributed by atoms with Gasteiger partial charge in [-0.2, -0.15) is 0 Å². The van der Waals surface area contributed by atoms with E-state index >= 15 is 0 Å². The summed E-state index contributed by atoms with van der Waals surface area (Å²) in [6.45, 7) is 12.8. The van der Waals surface area contributed by atoms with E-state index in [-0.39, 0.29) is 16.6 Å². The Balaban J connectivity index is 1.80. The zero-order valence-electron chi connectivity index (χ0n) is 23.0. The van der Waals surface area contributed by atoms with Gasteiger partial charge in [0.15, 0.2) is 5.78 Å². The number of fused-ring (bicyclic) bond motifs is 5. The van der Waals surface area contributed by atoms with Crippen LogP contribution in [0.4, 0.5) is 0 Å². The molecule has 2 aliphatic rings. The van der Waals surface area contributed by atoms with Gasteiger partial charge < -0.3 is 4.57 Å². The average Bonchev–Trinajstić information content (AvgIpc) is 3.40. The van der Waals surface area contributed by atoms with Gasteiger partial charge in [0.25, 0.3) is 0 Å². The van der Waals surface area contributed by atoms with E-state index < -0.39 is 5.54 Å². The van der Waals surface area contributed by atoms with E-state index in [4.69, 9.17) is 4.98 Å². The zero-order chi connectivity index (χ0) is 26.9.